The van der Waals surface area contributed by atoms with Crippen LogP contribution in [0.3, 0.4) is 0 Å². The minimum absolute atomic E-state index is 0.218. The van der Waals surface area contributed by atoms with Gasteiger partial charge in [0.2, 0.25) is 0 Å². The van der Waals surface area contributed by atoms with Gasteiger partial charge in [0, 0.05) is 24.8 Å². The van der Waals surface area contributed by atoms with Crippen molar-refractivity contribution >= 4 is 15.5 Å². The Bertz CT molecular complexity index is 587. The SMILES string of the molecule is CC(C)(C)S(=O)(=O)CCN(Cc1cccc(N)c1)C1CC1. The van der Waals surface area contributed by atoms with Crippen molar-refractivity contribution in [3.05, 3.63) is 29.8 Å². The summed E-state index contributed by atoms with van der Waals surface area (Å²) in [5, 5.41) is 0. The third-order valence-corrected chi connectivity index (χ3v) is 6.57. The molecule has 21 heavy (non-hydrogen) atoms. The molecule has 0 amide bonds. The quantitative estimate of drug-likeness (QED) is 0.820. The van der Waals surface area contributed by atoms with Gasteiger partial charge in [-0.15, -0.1) is 0 Å². The first-order valence-corrected chi connectivity index (χ1v) is 9.15. The molecule has 1 aromatic rings. The van der Waals surface area contributed by atoms with Crippen LogP contribution in [-0.4, -0.2) is 36.4 Å². The minimum Gasteiger partial charge on any atom is -0.399 e. The van der Waals surface area contributed by atoms with Crippen molar-refractivity contribution in [2.45, 2.75) is 50.9 Å². The van der Waals surface area contributed by atoms with E-state index in [0.717, 1.165) is 30.6 Å². The molecule has 0 spiro atoms. The van der Waals surface area contributed by atoms with Gasteiger partial charge in [-0.25, -0.2) is 8.42 Å². The second-order valence-electron chi connectivity index (χ2n) is 6.88. The Morgan fingerprint density at radius 3 is 2.48 bits per heavy atom. The monoisotopic (exact) mass is 310 g/mol. The van der Waals surface area contributed by atoms with Crippen LogP contribution in [0.1, 0.15) is 39.2 Å². The van der Waals surface area contributed by atoms with Crippen molar-refractivity contribution in [1.29, 1.82) is 0 Å². The van der Waals surface area contributed by atoms with E-state index >= 15 is 0 Å². The zero-order valence-electron chi connectivity index (χ0n) is 13.2. The van der Waals surface area contributed by atoms with Gasteiger partial charge in [-0.2, -0.15) is 0 Å². The van der Waals surface area contributed by atoms with Gasteiger partial charge in [-0.1, -0.05) is 12.1 Å². The number of rotatable bonds is 6. The standard InChI is InChI=1S/C16H26N2O2S/c1-16(2,3)21(19,20)10-9-18(15-7-8-15)12-13-5-4-6-14(17)11-13/h4-6,11,15H,7-10,12,17H2,1-3H3. The van der Waals surface area contributed by atoms with E-state index < -0.39 is 14.6 Å². The van der Waals surface area contributed by atoms with Crippen molar-refractivity contribution in [2.24, 2.45) is 0 Å². The van der Waals surface area contributed by atoms with Crippen LogP contribution < -0.4 is 5.73 Å². The number of hydrogen-bond donors (Lipinski definition) is 1. The van der Waals surface area contributed by atoms with E-state index in [2.05, 4.69) is 4.90 Å². The molecule has 5 heteroatoms. The number of benzene rings is 1. The average molecular weight is 310 g/mol. The maximum Gasteiger partial charge on any atom is 0.156 e. The molecular weight excluding hydrogens is 284 g/mol. The second-order valence-corrected chi connectivity index (χ2v) is 9.74. The van der Waals surface area contributed by atoms with Crippen LogP contribution in [0.25, 0.3) is 0 Å². The van der Waals surface area contributed by atoms with Gasteiger partial charge in [0.05, 0.1) is 10.5 Å². The first kappa shape index (κ1) is 16.3. The first-order chi connectivity index (χ1) is 9.69. The molecule has 0 radical (unpaired) electrons. The Morgan fingerprint density at radius 1 is 1.29 bits per heavy atom. The third kappa shape index (κ3) is 4.45. The van der Waals surface area contributed by atoms with E-state index in [1.165, 1.54) is 0 Å². The molecule has 0 aromatic heterocycles. The molecule has 1 aromatic carbocycles. The van der Waals surface area contributed by atoms with Gasteiger partial charge in [0.1, 0.15) is 0 Å². The lowest BCUT2D eigenvalue weighted by Crippen LogP contribution is -2.37. The van der Waals surface area contributed by atoms with Crippen LogP contribution in [-0.2, 0) is 16.4 Å². The number of nitrogens with two attached hydrogens (primary N) is 1. The summed E-state index contributed by atoms with van der Waals surface area (Å²) in [4.78, 5) is 2.28. The molecule has 1 aliphatic carbocycles. The molecule has 0 bridgehead atoms. The molecule has 0 atom stereocenters. The summed E-state index contributed by atoms with van der Waals surface area (Å²) in [7, 11) is -3.07. The summed E-state index contributed by atoms with van der Waals surface area (Å²) in [6, 6.07) is 8.36. The Balaban J connectivity index is 2.01. The van der Waals surface area contributed by atoms with Crippen LogP contribution in [0.15, 0.2) is 24.3 Å². The van der Waals surface area contributed by atoms with E-state index in [1.807, 2.05) is 24.3 Å². The van der Waals surface area contributed by atoms with E-state index in [9.17, 15) is 8.42 Å². The largest absolute Gasteiger partial charge is 0.399 e. The van der Waals surface area contributed by atoms with Gasteiger partial charge in [-0.05, 0) is 51.3 Å². The van der Waals surface area contributed by atoms with E-state index in [-0.39, 0.29) is 5.75 Å². The Labute approximate surface area is 128 Å². The number of sulfone groups is 1. The summed E-state index contributed by atoms with van der Waals surface area (Å²) < 4.78 is 23.8. The number of hydrogen-bond acceptors (Lipinski definition) is 4. The summed E-state index contributed by atoms with van der Waals surface area (Å²) >= 11 is 0. The molecule has 0 aliphatic heterocycles. The van der Waals surface area contributed by atoms with Crippen molar-refractivity contribution in [3.63, 3.8) is 0 Å². The summed E-state index contributed by atoms with van der Waals surface area (Å²) in [6.07, 6.45) is 2.33. The lowest BCUT2D eigenvalue weighted by atomic mass is 10.2. The van der Waals surface area contributed by atoms with Gasteiger partial charge in [-0.3, -0.25) is 4.90 Å². The van der Waals surface area contributed by atoms with E-state index in [4.69, 9.17) is 5.73 Å². The molecule has 1 aliphatic rings. The zero-order valence-corrected chi connectivity index (χ0v) is 14.0. The van der Waals surface area contributed by atoms with Crippen LogP contribution >= 0.6 is 0 Å². The predicted octanol–water partition coefficient (Wildman–Crippen LogP) is 2.45. The predicted molar refractivity (Wildman–Crippen MR) is 87.8 cm³/mol. The highest BCUT2D eigenvalue weighted by molar-refractivity contribution is 7.92. The molecule has 1 fully saturated rings. The molecule has 0 unspecified atom stereocenters. The zero-order chi connectivity index (χ0) is 15.7. The lowest BCUT2D eigenvalue weighted by molar-refractivity contribution is 0.270. The summed E-state index contributed by atoms with van der Waals surface area (Å²) in [5.41, 5.74) is 7.72. The third-order valence-electron chi connectivity index (χ3n) is 3.98. The number of anilines is 1. The van der Waals surface area contributed by atoms with Crippen LogP contribution in [0.5, 0.6) is 0 Å². The van der Waals surface area contributed by atoms with Crippen molar-refractivity contribution < 1.29 is 8.42 Å². The maximum atomic E-state index is 12.3. The van der Waals surface area contributed by atoms with Crippen molar-refractivity contribution in [1.82, 2.24) is 4.90 Å². The van der Waals surface area contributed by atoms with E-state index in [1.54, 1.807) is 20.8 Å². The van der Waals surface area contributed by atoms with Crippen LogP contribution in [0, 0.1) is 0 Å². The highest BCUT2D eigenvalue weighted by Crippen LogP contribution is 2.29. The lowest BCUT2D eigenvalue weighted by Gasteiger charge is -2.25. The summed E-state index contributed by atoms with van der Waals surface area (Å²) in [5.74, 6) is 0.218. The Kier molecular flexibility index (Phi) is 4.63. The van der Waals surface area contributed by atoms with Gasteiger partial charge in [0.15, 0.2) is 9.84 Å². The summed E-state index contributed by atoms with van der Waals surface area (Å²) in [6.45, 7) is 6.67. The first-order valence-electron chi connectivity index (χ1n) is 7.50. The fourth-order valence-corrected chi connectivity index (χ4v) is 3.39. The molecule has 2 N–H and O–H groups in total. The number of nitrogen functional groups attached to an aromatic ring is 1. The molecular formula is C16H26N2O2S. The molecule has 1 saturated carbocycles. The van der Waals surface area contributed by atoms with E-state index in [0.29, 0.717) is 12.6 Å². The average Bonchev–Trinajstić information content (AvgIpc) is 3.17. The molecule has 0 heterocycles. The molecule has 118 valence electrons. The fourth-order valence-electron chi connectivity index (χ4n) is 2.30. The van der Waals surface area contributed by atoms with Crippen LogP contribution in [0.4, 0.5) is 5.69 Å². The van der Waals surface area contributed by atoms with Crippen molar-refractivity contribution in [2.75, 3.05) is 18.0 Å². The van der Waals surface area contributed by atoms with Crippen LogP contribution in [0.2, 0.25) is 0 Å². The van der Waals surface area contributed by atoms with Gasteiger partial charge >= 0.3 is 0 Å². The second kappa shape index (κ2) is 5.97. The molecule has 2 rings (SSSR count). The minimum atomic E-state index is -3.07. The Morgan fingerprint density at radius 2 is 1.95 bits per heavy atom. The van der Waals surface area contributed by atoms with Gasteiger partial charge < -0.3 is 5.73 Å². The van der Waals surface area contributed by atoms with Gasteiger partial charge in [0.25, 0.3) is 0 Å². The molecule has 0 saturated heterocycles. The fraction of sp³-hybridized carbons (Fsp3) is 0.625. The molecule has 4 nitrogen and oxygen atoms in total. The topological polar surface area (TPSA) is 63.4 Å². The smallest absolute Gasteiger partial charge is 0.156 e. The number of nitrogens with zero attached hydrogens (tertiary/aromatic N) is 1. The highest BCUT2D eigenvalue weighted by atomic mass is 32.2. The Hall–Kier alpha value is -1.07. The highest BCUT2D eigenvalue weighted by Gasteiger charge is 2.33. The van der Waals surface area contributed by atoms with Crippen molar-refractivity contribution in [3.8, 4) is 0 Å². The normalized spacial score (nSPS) is 16.4. The maximum absolute atomic E-state index is 12.3.